The lowest BCUT2D eigenvalue weighted by Gasteiger charge is -2.27. The van der Waals surface area contributed by atoms with Gasteiger partial charge in [0.1, 0.15) is 5.56 Å². The second kappa shape index (κ2) is 8.31. The number of anilines is 1. The van der Waals surface area contributed by atoms with E-state index in [4.69, 9.17) is 0 Å². The lowest BCUT2D eigenvalue weighted by molar-refractivity contribution is 0.0950. The topological polar surface area (TPSA) is 78.1 Å². The van der Waals surface area contributed by atoms with Gasteiger partial charge in [-0.1, -0.05) is 24.3 Å². The monoisotopic (exact) mass is 362 g/mol. The SMILES string of the molecule is C[C@H](CNC(=O)c1ccc(-c2ccccn2)[nH]c1=O)N(C)c1ccccc1. The number of aromatic nitrogens is 2. The molecule has 1 amide bonds. The molecule has 0 spiro atoms. The van der Waals surface area contributed by atoms with Crippen LogP contribution in [0.3, 0.4) is 0 Å². The summed E-state index contributed by atoms with van der Waals surface area (Å²) in [5.41, 5.74) is 1.95. The summed E-state index contributed by atoms with van der Waals surface area (Å²) in [4.78, 5) is 33.7. The van der Waals surface area contributed by atoms with Gasteiger partial charge in [-0.05, 0) is 43.3 Å². The van der Waals surface area contributed by atoms with E-state index in [-0.39, 0.29) is 11.6 Å². The largest absolute Gasteiger partial charge is 0.370 e. The Morgan fingerprint density at radius 1 is 1.11 bits per heavy atom. The van der Waals surface area contributed by atoms with Crippen LogP contribution >= 0.6 is 0 Å². The van der Waals surface area contributed by atoms with Crippen molar-refractivity contribution in [2.24, 2.45) is 0 Å². The number of carbonyl (C=O) groups is 1. The number of nitrogens with one attached hydrogen (secondary N) is 2. The van der Waals surface area contributed by atoms with Crippen molar-refractivity contribution < 1.29 is 4.79 Å². The highest BCUT2D eigenvalue weighted by Gasteiger charge is 2.15. The standard InChI is InChI=1S/C21H22N4O2/c1-15(25(2)16-8-4-3-5-9-16)14-23-20(26)17-11-12-19(24-21(17)27)18-10-6-7-13-22-18/h3-13,15H,14H2,1-2H3,(H,23,26)(H,24,27)/t15-/m1/s1. The molecule has 3 aromatic rings. The number of para-hydroxylation sites is 1. The fourth-order valence-corrected chi connectivity index (χ4v) is 2.71. The summed E-state index contributed by atoms with van der Waals surface area (Å²) in [5.74, 6) is -0.392. The van der Waals surface area contributed by atoms with Gasteiger partial charge in [-0.3, -0.25) is 14.6 Å². The Kier molecular flexibility index (Phi) is 5.66. The summed E-state index contributed by atoms with van der Waals surface area (Å²) in [7, 11) is 1.97. The van der Waals surface area contributed by atoms with Crippen LogP contribution in [0, 0.1) is 0 Å². The Hall–Kier alpha value is -3.41. The molecule has 2 N–H and O–H groups in total. The minimum atomic E-state index is -0.431. The number of amides is 1. The van der Waals surface area contributed by atoms with E-state index in [1.165, 1.54) is 6.07 Å². The zero-order valence-electron chi connectivity index (χ0n) is 15.3. The Bertz CT molecular complexity index is 955. The number of nitrogens with zero attached hydrogens (tertiary/aromatic N) is 2. The molecular weight excluding hydrogens is 340 g/mol. The van der Waals surface area contributed by atoms with Gasteiger partial charge < -0.3 is 15.2 Å². The molecular formula is C21H22N4O2. The molecule has 3 rings (SSSR count). The van der Waals surface area contributed by atoms with Crippen molar-refractivity contribution in [2.45, 2.75) is 13.0 Å². The second-order valence-corrected chi connectivity index (χ2v) is 6.34. The highest BCUT2D eigenvalue weighted by atomic mass is 16.2. The molecule has 2 heterocycles. The van der Waals surface area contributed by atoms with Crippen molar-refractivity contribution in [1.82, 2.24) is 15.3 Å². The van der Waals surface area contributed by atoms with Gasteiger partial charge in [0.15, 0.2) is 0 Å². The van der Waals surface area contributed by atoms with Gasteiger partial charge >= 0.3 is 0 Å². The van der Waals surface area contributed by atoms with E-state index in [9.17, 15) is 9.59 Å². The molecule has 0 saturated heterocycles. The fraction of sp³-hybridized carbons (Fsp3) is 0.190. The quantitative estimate of drug-likeness (QED) is 0.707. The van der Waals surface area contributed by atoms with Gasteiger partial charge in [0, 0.05) is 31.5 Å². The van der Waals surface area contributed by atoms with E-state index in [0.29, 0.717) is 17.9 Å². The van der Waals surface area contributed by atoms with Crippen LogP contribution in [0.2, 0.25) is 0 Å². The van der Waals surface area contributed by atoms with Gasteiger partial charge in [-0.15, -0.1) is 0 Å². The molecule has 0 fully saturated rings. The lowest BCUT2D eigenvalue weighted by Crippen LogP contribution is -2.41. The van der Waals surface area contributed by atoms with Crippen molar-refractivity contribution >= 4 is 11.6 Å². The molecule has 6 nitrogen and oxygen atoms in total. The van der Waals surface area contributed by atoms with E-state index < -0.39 is 11.5 Å². The van der Waals surface area contributed by atoms with Crippen LogP contribution in [0.4, 0.5) is 5.69 Å². The predicted octanol–water partition coefficient (Wildman–Crippen LogP) is 2.69. The number of benzene rings is 1. The number of rotatable bonds is 6. The maximum absolute atomic E-state index is 12.4. The van der Waals surface area contributed by atoms with Gasteiger partial charge in [0.25, 0.3) is 11.5 Å². The maximum Gasteiger partial charge on any atom is 0.261 e. The van der Waals surface area contributed by atoms with Crippen LogP contribution in [0.15, 0.2) is 71.7 Å². The zero-order chi connectivity index (χ0) is 19.2. The summed E-state index contributed by atoms with van der Waals surface area (Å²) < 4.78 is 0. The summed E-state index contributed by atoms with van der Waals surface area (Å²) in [5, 5.41) is 2.83. The molecule has 0 aliphatic heterocycles. The van der Waals surface area contributed by atoms with Crippen molar-refractivity contribution in [3.8, 4) is 11.4 Å². The molecule has 0 radical (unpaired) electrons. The zero-order valence-corrected chi connectivity index (χ0v) is 15.3. The van der Waals surface area contributed by atoms with Gasteiger partial charge in [-0.2, -0.15) is 0 Å². The van der Waals surface area contributed by atoms with Crippen molar-refractivity contribution in [3.05, 3.63) is 82.8 Å². The summed E-state index contributed by atoms with van der Waals surface area (Å²) in [6.07, 6.45) is 1.65. The maximum atomic E-state index is 12.4. The molecule has 27 heavy (non-hydrogen) atoms. The summed E-state index contributed by atoms with van der Waals surface area (Å²) in [6.45, 7) is 2.44. The van der Waals surface area contributed by atoms with Crippen LogP contribution in [0.5, 0.6) is 0 Å². The Morgan fingerprint density at radius 2 is 1.85 bits per heavy atom. The highest BCUT2D eigenvalue weighted by Crippen LogP contribution is 2.14. The number of carbonyl (C=O) groups excluding carboxylic acids is 1. The normalized spacial score (nSPS) is 11.6. The molecule has 1 aromatic carbocycles. The van der Waals surface area contributed by atoms with Crippen LogP contribution in [0.1, 0.15) is 17.3 Å². The number of hydrogen-bond acceptors (Lipinski definition) is 4. The van der Waals surface area contributed by atoms with Crippen LogP contribution in [-0.2, 0) is 0 Å². The van der Waals surface area contributed by atoms with Gasteiger partial charge in [0.2, 0.25) is 0 Å². The van der Waals surface area contributed by atoms with E-state index in [1.807, 2.05) is 50.4 Å². The molecule has 138 valence electrons. The van der Waals surface area contributed by atoms with Crippen molar-refractivity contribution in [1.29, 1.82) is 0 Å². The Labute approximate surface area is 157 Å². The van der Waals surface area contributed by atoms with Crippen molar-refractivity contribution in [2.75, 3.05) is 18.5 Å². The summed E-state index contributed by atoms with van der Waals surface area (Å²) in [6, 6.07) is 18.7. The highest BCUT2D eigenvalue weighted by molar-refractivity contribution is 5.94. The molecule has 6 heteroatoms. The first-order valence-electron chi connectivity index (χ1n) is 8.77. The molecule has 0 aliphatic rings. The molecule has 0 unspecified atom stereocenters. The number of H-pyrrole nitrogens is 1. The minimum Gasteiger partial charge on any atom is -0.370 e. The first-order valence-corrected chi connectivity index (χ1v) is 8.77. The molecule has 0 aliphatic carbocycles. The Morgan fingerprint density at radius 3 is 2.52 bits per heavy atom. The average Bonchev–Trinajstić information content (AvgIpc) is 2.72. The summed E-state index contributed by atoms with van der Waals surface area (Å²) >= 11 is 0. The fourth-order valence-electron chi connectivity index (χ4n) is 2.71. The second-order valence-electron chi connectivity index (χ2n) is 6.34. The third kappa shape index (κ3) is 4.41. The van der Waals surface area contributed by atoms with E-state index in [1.54, 1.807) is 24.4 Å². The number of pyridine rings is 2. The van der Waals surface area contributed by atoms with E-state index in [2.05, 4.69) is 20.2 Å². The first kappa shape index (κ1) is 18.4. The van der Waals surface area contributed by atoms with Crippen molar-refractivity contribution in [3.63, 3.8) is 0 Å². The van der Waals surface area contributed by atoms with Crippen LogP contribution in [-0.4, -0.2) is 35.5 Å². The van der Waals surface area contributed by atoms with Gasteiger partial charge in [-0.25, -0.2) is 0 Å². The predicted molar refractivity (Wildman–Crippen MR) is 107 cm³/mol. The van der Waals surface area contributed by atoms with Crippen LogP contribution < -0.4 is 15.8 Å². The Balaban J connectivity index is 1.65. The molecule has 2 aromatic heterocycles. The van der Waals surface area contributed by atoms with Gasteiger partial charge in [0.05, 0.1) is 11.4 Å². The lowest BCUT2D eigenvalue weighted by atomic mass is 10.2. The van der Waals surface area contributed by atoms with Crippen LogP contribution in [0.25, 0.3) is 11.4 Å². The smallest absolute Gasteiger partial charge is 0.261 e. The number of aromatic amines is 1. The third-order valence-corrected chi connectivity index (χ3v) is 4.48. The molecule has 0 bridgehead atoms. The van der Waals surface area contributed by atoms with E-state index in [0.717, 1.165) is 5.69 Å². The number of likely N-dealkylation sites (N-methyl/N-ethyl adjacent to an activating group) is 1. The number of hydrogen-bond donors (Lipinski definition) is 2. The first-order chi connectivity index (χ1) is 13.1. The molecule has 0 saturated carbocycles. The average molecular weight is 362 g/mol. The minimum absolute atomic E-state index is 0.0724. The molecule has 1 atom stereocenters. The van der Waals surface area contributed by atoms with E-state index >= 15 is 0 Å². The third-order valence-electron chi connectivity index (χ3n) is 4.48.